The van der Waals surface area contributed by atoms with Crippen molar-refractivity contribution in [3.8, 4) is 22.7 Å². The lowest BCUT2D eigenvalue weighted by atomic mass is 10.1. The maximum Gasteiger partial charge on any atom is 0.417 e. The molecule has 2 heterocycles. The molecule has 0 amide bonds. The fraction of sp³-hybridized carbons (Fsp3) is 0.0952. The molecule has 0 atom stereocenters. The summed E-state index contributed by atoms with van der Waals surface area (Å²) in [5.74, 6) is -1.26. The lowest BCUT2D eigenvalue weighted by Gasteiger charge is -2.06. The summed E-state index contributed by atoms with van der Waals surface area (Å²) < 4.78 is 63.6. The Morgan fingerprint density at radius 3 is 2.34 bits per heavy atom. The van der Waals surface area contributed by atoms with E-state index in [1.54, 1.807) is 36.4 Å². The minimum absolute atomic E-state index is 0.0769. The predicted molar refractivity (Wildman–Crippen MR) is 97.7 cm³/mol. The van der Waals surface area contributed by atoms with E-state index in [4.69, 9.17) is 4.42 Å². The van der Waals surface area contributed by atoms with Crippen molar-refractivity contribution in [3.05, 3.63) is 71.5 Å². The number of aromatic nitrogens is 1. The van der Waals surface area contributed by atoms with Gasteiger partial charge in [0.05, 0.1) is 23.9 Å². The number of H-pyrrole nitrogens is 1. The molecule has 0 saturated heterocycles. The van der Waals surface area contributed by atoms with Crippen LogP contribution in [-0.2, 0) is 10.9 Å². The molecule has 0 saturated carbocycles. The Bertz CT molecular complexity index is 1200. The van der Waals surface area contributed by atoms with Crippen molar-refractivity contribution in [3.63, 3.8) is 0 Å². The van der Waals surface area contributed by atoms with Gasteiger partial charge in [-0.05, 0) is 48.0 Å². The van der Waals surface area contributed by atoms with E-state index in [1.165, 1.54) is 7.11 Å². The Morgan fingerprint density at radius 2 is 1.69 bits per heavy atom. The highest BCUT2D eigenvalue weighted by atomic mass is 19.4. The van der Waals surface area contributed by atoms with Gasteiger partial charge in [0, 0.05) is 11.1 Å². The molecule has 4 nitrogen and oxygen atoms in total. The quantitative estimate of drug-likeness (QED) is 0.335. The van der Waals surface area contributed by atoms with Crippen molar-refractivity contribution in [2.45, 2.75) is 6.18 Å². The number of carbonyl (C=O) groups is 1. The monoisotopic (exact) mass is 403 g/mol. The summed E-state index contributed by atoms with van der Waals surface area (Å²) in [6, 6.07) is 12.5. The molecular weight excluding hydrogens is 390 g/mol. The molecule has 0 bridgehead atoms. The number of carbonyl (C=O) groups excluding carboxylic acids is 1. The summed E-state index contributed by atoms with van der Waals surface area (Å²) in [6.07, 6.45) is -4.63. The molecule has 2 aromatic heterocycles. The Hall–Kier alpha value is -3.55. The standard InChI is InChI=1S/C21H13F4NO3/c1-28-20(27)12-4-2-11(3-5-12)16-8-9-17(26-16)18-10-13-14(21(23,24)25)6-7-15(22)19(13)29-18/h2-10,26H,1H3. The molecule has 29 heavy (non-hydrogen) atoms. The maximum absolute atomic E-state index is 14.0. The number of nitrogens with one attached hydrogen (secondary N) is 1. The molecule has 0 spiro atoms. The average molecular weight is 403 g/mol. The summed E-state index contributed by atoms with van der Waals surface area (Å²) in [7, 11) is 1.29. The van der Waals surface area contributed by atoms with Gasteiger partial charge in [0.15, 0.2) is 17.2 Å². The van der Waals surface area contributed by atoms with Crippen LogP contribution in [0.3, 0.4) is 0 Å². The van der Waals surface area contributed by atoms with Crippen molar-refractivity contribution in [2.75, 3.05) is 7.11 Å². The number of rotatable bonds is 3. The maximum atomic E-state index is 14.0. The van der Waals surface area contributed by atoms with Crippen LogP contribution in [0.5, 0.6) is 0 Å². The van der Waals surface area contributed by atoms with Gasteiger partial charge in [-0.25, -0.2) is 9.18 Å². The van der Waals surface area contributed by atoms with Crippen LogP contribution >= 0.6 is 0 Å². The third kappa shape index (κ3) is 3.37. The Balaban J connectivity index is 1.72. The molecule has 8 heteroatoms. The van der Waals surface area contributed by atoms with Gasteiger partial charge in [0.1, 0.15) is 0 Å². The minimum Gasteiger partial charge on any atom is -0.465 e. The van der Waals surface area contributed by atoms with Gasteiger partial charge < -0.3 is 14.1 Å². The number of hydrogen-bond donors (Lipinski definition) is 1. The second-order valence-corrected chi connectivity index (χ2v) is 6.30. The van der Waals surface area contributed by atoms with Gasteiger partial charge in [-0.3, -0.25) is 0 Å². The molecule has 148 valence electrons. The van der Waals surface area contributed by atoms with Crippen LogP contribution in [0.4, 0.5) is 17.6 Å². The summed E-state index contributed by atoms with van der Waals surface area (Å²) in [6.45, 7) is 0. The first kappa shape index (κ1) is 18.8. The molecule has 4 rings (SSSR count). The predicted octanol–water partition coefficient (Wildman–Crippen LogP) is 6.04. The number of benzene rings is 2. The molecule has 2 aromatic carbocycles. The van der Waals surface area contributed by atoms with Crippen LogP contribution < -0.4 is 0 Å². The zero-order valence-corrected chi connectivity index (χ0v) is 14.9. The third-order valence-corrected chi connectivity index (χ3v) is 4.51. The average Bonchev–Trinajstić information content (AvgIpc) is 3.34. The molecule has 0 aliphatic heterocycles. The van der Waals surface area contributed by atoms with Gasteiger partial charge in [0.25, 0.3) is 0 Å². The van der Waals surface area contributed by atoms with Crippen molar-refractivity contribution >= 4 is 16.9 Å². The normalized spacial score (nSPS) is 11.8. The largest absolute Gasteiger partial charge is 0.465 e. The van der Waals surface area contributed by atoms with Crippen molar-refractivity contribution in [2.24, 2.45) is 0 Å². The van der Waals surface area contributed by atoms with Crippen LogP contribution in [0.15, 0.2) is 59.0 Å². The van der Waals surface area contributed by atoms with Gasteiger partial charge >= 0.3 is 12.1 Å². The number of esters is 1. The van der Waals surface area contributed by atoms with E-state index >= 15 is 0 Å². The van der Waals surface area contributed by atoms with Gasteiger partial charge in [-0.2, -0.15) is 13.2 Å². The Morgan fingerprint density at radius 1 is 1.00 bits per heavy atom. The van der Waals surface area contributed by atoms with Crippen LogP contribution in [0.1, 0.15) is 15.9 Å². The fourth-order valence-corrected chi connectivity index (χ4v) is 3.08. The number of furan rings is 1. The number of hydrogen-bond acceptors (Lipinski definition) is 3. The number of fused-ring (bicyclic) bond motifs is 1. The molecule has 0 radical (unpaired) electrons. The van der Waals surface area contributed by atoms with Crippen LogP contribution in [0.25, 0.3) is 33.7 Å². The first-order chi connectivity index (χ1) is 13.8. The van der Waals surface area contributed by atoms with Gasteiger partial charge in [0.2, 0.25) is 0 Å². The summed E-state index contributed by atoms with van der Waals surface area (Å²) in [5.41, 5.74) is 0.745. The summed E-state index contributed by atoms with van der Waals surface area (Å²) >= 11 is 0. The zero-order valence-electron chi connectivity index (χ0n) is 14.9. The topological polar surface area (TPSA) is 55.2 Å². The first-order valence-electron chi connectivity index (χ1n) is 8.45. The lowest BCUT2D eigenvalue weighted by molar-refractivity contribution is -0.136. The number of methoxy groups -OCH3 is 1. The van der Waals surface area contributed by atoms with Crippen molar-refractivity contribution in [1.29, 1.82) is 0 Å². The zero-order chi connectivity index (χ0) is 20.8. The minimum atomic E-state index is -4.63. The highest BCUT2D eigenvalue weighted by Crippen LogP contribution is 2.39. The van der Waals surface area contributed by atoms with Crippen molar-refractivity contribution < 1.29 is 31.5 Å². The fourth-order valence-electron chi connectivity index (χ4n) is 3.08. The van der Waals surface area contributed by atoms with E-state index in [0.717, 1.165) is 17.7 Å². The first-order valence-corrected chi connectivity index (χ1v) is 8.45. The highest BCUT2D eigenvalue weighted by molar-refractivity contribution is 5.90. The van der Waals surface area contributed by atoms with E-state index < -0.39 is 29.1 Å². The van der Waals surface area contributed by atoms with E-state index in [1.807, 2.05) is 0 Å². The van der Waals surface area contributed by atoms with E-state index in [9.17, 15) is 22.4 Å². The van der Waals surface area contributed by atoms with E-state index in [2.05, 4.69) is 9.72 Å². The molecular formula is C21H13F4NO3. The molecule has 0 fully saturated rings. The molecule has 4 aromatic rings. The number of ether oxygens (including phenoxy) is 1. The summed E-state index contributed by atoms with van der Waals surface area (Å²) in [4.78, 5) is 14.5. The molecule has 0 unspecified atom stereocenters. The number of aromatic amines is 1. The Labute approximate surface area is 161 Å². The number of alkyl halides is 3. The van der Waals surface area contributed by atoms with E-state index in [0.29, 0.717) is 23.0 Å². The highest BCUT2D eigenvalue weighted by Gasteiger charge is 2.34. The van der Waals surface area contributed by atoms with Gasteiger partial charge in [-0.1, -0.05) is 12.1 Å². The van der Waals surface area contributed by atoms with Crippen molar-refractivity contribution in [1.82, 2.24) is 4.98 Å². The SMILES string of the molecule is COC(=O)c1ccc(-c2ccc(-c3cc4c(C(F)(F)F)ccc(F)c4o3)[nH]2)cc1. The van der Waals surface area contributed by atoms with Crippen LogP contribution in [0, 0.1) is 5.82 Å². The lowest BCUT2D eigenvalue weighted by Crippen LogP contribution is -2.05. The smallest absolute Gasteiger partial charge is 0.417 e. The molecule has 0 aliphatic carbocycles. The van der Waals surface area contributed by atoms with Gasteiger partial charge in [-0.15, -0.1) is 0 Å². The second-order valence-electron chi connectivity index (χ2n) is 6.30. The number of halogens is 4. The molecule has 1 N–H and O–H groups in total. The summed E-state index contributed by atoms with van der Waals surface area (Å²) in [5, 5.41) is -0.342. The van der Waals surface area contributed by atoms with Crippen LogP contribution in [0.2, 0.25) is 0 Å². The Kier molecular flexibility index (Phi) is 4.41. The molecule has 0 aliphatic rings. The third-order valence-electron chi connectivity index (χ3n) is 4.51. The van der Waals surface area contributed by atoms with E-state index in [-0.39, 0.29) is 11.1 Å². The van der Waals surface area contributed by atoms with Crippen LogP contribution in [-0.4, -0.2) is 18.1 Å². The second kappa shape index (κ2) is 6.80.